The first-order valence-electron chi connectivity index (χ1n) is 14.5. The molecule has 3 aliphatic rings. The Morgan fingerprint density at radius 2 is 2.00 bits per heavy atom. The van der Waals surface area contributed by atoms with Gasteiger partial charge in [-0.2, -0.15) is 0 Å². The smallest absolute Gasteiger partial charge is 0.264 e. The maximum Gasteiger partial charge on any atom is 0.264 e. The average molecular weight is 572 g/mol. The van der Waals surface area contributed by atoms with Crippen LogP contribution in [-0.2, 0) is 0 Å². The second-order valence-corrected chi connectivity index (χ2v) is 11.7. The molecule has 2 aromatic carbocycles. The fourth-order valence-electron chi connectivity index (χ4n) is 7.43. The lowest BCUT2D eigenvalue weighted by Gasteiger charge is -2.40. The Hall–Kier alpha value is -4.98. The van der Waals surface area contributed by atoms with Crippen LogP contribution in [0.4, 0.5) is 5.82 Å². The van der Waals surface area contributed by atoms with Crippen molar-refractivity contribution >= 4 is 28.1 Å². The zero-order chi connectivity index (χ0) is 29.5. The summed E-state index contributed by atoms with van der Waals surface area (Å²) in [6, 6.07) is 17.9. The normalized spacial score (nSPS) is 24.5. The van der Waals surface area contributed by atoms with Gasteiger partial charge in [-0.15, -0.1) is 5.10 Å². The minimum Gasteiger partial charge on any atom is -0.381 e. The van der Waals surface area contributed by atoms with Gasteiger partial charge in [-0.05, 0) is 62.0 Å². The first-order chi connectivity index (χ1) is 20.8. The number of amides is 1. The molecule has 0 bridgehead atoms. The van der Waals surface area contributed by atoms with Crippen molar-refractivity contribution in [1.29, 1.82) is 0 Å². The molecule has 43 heavy (non-hydrogen) atoms. The number of rotatable bonds is 4. The number of nitrogens with two attached hydrogens (primary N) is 1. The number of piperidine rings is 1. The van der Waals surface area contributed by atoms with E-state index in [0.29, 0.717) is 33.4 Å². The van der Waals surface area contributed by atoms with Gasteiger partial charge in [-0.25, -0.2) is 9.50 Å². The summed E-state index contributed by atoms with van der Waals surface area (Å²) in [7, 11) is 0. The molecule has 3 fully saturated rings. The van der Waals surface area contributed by atoms with Gasteiger partial charge < -0.3 is 16.2 Å². The zero-order valence-corrected chi connectivity index (χ0v) is 23.5. The Morgan fingerprint density at radius 1 is 1.16 bits per heavy atom. The molecule has 2 saturated heterocycles. The number of carbonyl (C=O) groups is 1. The highest BCUT2D eigenvalue weighted by Crippen LogP contribution is 2.69. The van der Waals surface area contributed by atoms with E-state index in [4.69, 9.17) is 5.73 Å². The van der Waals surface area contributed by atoms with Crippen molar-refractivity contribution in [3.63, 3.8) is 0 Å². The van der Waals surface area contributed by atoms with E-state index in [-0.39, 0.29) is 28.4 Å². The van der Waals surface area contributed by atoms with Crippen molar-refractivity contribution in [1.82, 2.24) is 29.4 Å². The topological polar surface area (TPSA) is 131 Å². The molecule has 1 aliphatic carbocycles. The predicted molar refractivity (Wildman–Crippen MR) is 162 cm³/mol. The first kappa shape index (κ1) is 25.7. The van der Waals surface area contributed by atoms with Crippen LogP contribution < -0.4 is 16.6 Å². The van der Waals surface area contributed by atoms with Gasteiger partial charge in [-0.1, -0.05) is 42.2 Å². The molecule has 3 unspecified atom stereocenters. The number of nitrogen functional groups attached to an aromatic ring is 1. The van der Waals surface area contributed by atoms with Crippen molar-refractivity contribution in [2.24, 2.45) is 5.92 Å². The number of carbonyl (C=O) groups excluding carboxylic acids is 1. The molecule has 4 N–H and O–H groups in total. The maximum absolute atomic E-state index is 14.3. The van der Waals surface area contributed by atoms with Crippen LogP contribution in [0.1, 0.15) is 47.4 Å². The highest BCUT2D eigenvalue weighted by molar-refractivity contribution is 6.04. The SMILES string of the molecule is C[C@@H](NC(=O)c1c(N)nn2cccnc12)c1cc2cccc(C#CC3(O)C4CCN5CCC453)c2c(=O)n1-c1ccccc1. The molecule has 5 aromatic rings. The molecule has 1 amide bonds. The van der Waals surface area contributed by atoms with Gasteiger partial charge in [0.05, 0.1) is 17.0 Å². The van der Waals surface area contributed by atoms with Gasteiger partial charge in [0.1, 0.15) is 11.2 Å². The largest absolute Gasteiger partial charge is 0.381 e. The number of anilines is 1. The van der Waals surface area contributed by atoms with Crippen molar-refractivity contribution in [2.75, 3.05) is 18.8 Å². The highest BCUT2D eigenvalue weighted by Gasteiger charge is 2.83. The molecule has 10 heteroatoms. The summed E-state index contributed by atoms with van der Waals surface area (Å²) in [5.41, 5.74) is 6.94. The van der Waals surface area contributed by atoms with E-state index in [9.17, 15) is 14.7 Å². The average Bonchev–Trinajstić information content (AvgIpc) is 3.20. The Kier molecular flexibility index (Phi) is 5.39. The number of pyridine rings is 1. The molecule has 1 saturated carbocycles. The number of hydrogen-bond donors (Lipinski definition) is 3. The van der Waals surface area contributed by atoms with Crippen LogP contribution in [0, 0.1) is 17.8 Å². The van der Waals surface area contributed by atoms with Crippen LogP contribution in [0.25, 0.3) is 22.1 Å². The fourth-order valence-corrected chi connectivity index (χ4v) is 7.43. The number of aliphatic hydroxyl groups is 1. The second-order valence-electron chi connectivity index (χ2n) is 11.7. The van der Waals surface area contributed by atoms with Crippen LogP contribution in [-0.4, -0.2) is 59.3 Å². The molecule has 10 nitrogen and oxygen atoms in total. The third-order valence-corrected chi connectivity index (χ3v) is 9.59. The third-order valence-electron chi connectivity index (χ3n) is 9.59. The van der Waals surface area contributed by atoms with Gasteiger partial charge in [0.2, 0.25) is 0 Å². The Bertz CT molecular complexity index is 2090. The van der Waals surface area contributed by atoms with Crippen LogP contribution in [0.2, 0.25) is 0 Å². The summed E-state index contributed by atoms with van der Waals surface area (Å²) < 4.78 is 3.07. The molecule has 0 radical (unpaired) electrons. The Morgan fingerprint density at radius 3 is 2.77 bits per heavy atom. The number of para-hydroxylation sites is 1. The summed E-state index contributed by atoms with van der Waals surface area (Å²) in [4.78, 5) is 34.4. The highest BCUT2D eigenvalue weighted by atomic mass is 16.3. The lowest BCUT2D eigenvalue weighted by Crippen LogP contribution is -2.53. The van der Waals surface area contributed by atoms with Gasteiger partial charge in [0.25, 0.3) is 11.5 Å². The molecule has 214 valence electrons. The lowest BCUT2D eigenvalue weighted by atomic mass is 9.96. The number of benzene rings is 2. The van der Waals surface area contributed by atoms with Crippen LogP contribution >= 0.6 is 0 Å². The number of aromatic nitrogens is 4. The molecule has 2 aliphatic heterocycles. The van der Waals surface area contributed by atoms with Crippen molar-refractivity contribution < 1.29 is 9.90 Å². The summed E-state index contributed by atoms with van der Waals surface area (Å²) in [6.07, 6.45) is 5.16. The molecule has 3 aromatic heterocycles. The van der Waals surface area contributed by atoms with Gasteiger partial charge in [0.15, 0.2) is 11.5 Å². The van der Waals surface area contributed by atoms with E-state index in [2.05, 4.69) is 32.1 Å². The van der Waals surface area contributed by atoms with Crippen molar-refractivity contribution in [3.05, 3.63) is 100 Å². The number of hydrogen-bond acceptors (Lipinski definition) is 7. The minimum atomic E-state index is -1.03. The molecule has 5 heterocycles. The van der Waals surface area contributed by atoms with Crippen LogP contribution in [0.3, 0.4) is 0 Å². The fraction of sp³-hybridized carbons (Fsp3) is 0.273. The molecular formula is C33H29N7O3. The Labute approximate surface area is 246 Å². The van der Waals surface area contributed by atoms with E-state index >= 15 is 0 Å². The predicted octanol–water partition coefficient (Wildman–Crippen LogP) is 2.67. The molecule has 8 rings (SSSR count). The number of nitrogens with one attached hydrogen (secondary N) is 1. The summed E-state index contributed by atoms with van der Waals surface area (Å²) in [5, 5.41) is 19.8. The minimum absolute atomic E-state index is 0.0663. The summed E-state index contributed by atoms with van der Waals surface area (Å²) in [6.45, 7) is 3.85. The van der Waals surface area contributed by atoms with Gasteiger partial charge in [0, 0.05) is 41.8 Å². The third kappa shape index (κ3) is 3.49. The molecular weight excluding hydrogens is 542 g/mol. The number of fused-ring (bicyclic) bond motifs is 2. The second kappa shape index (κ2) is 9.01. The Balaban J connectivity index is 1.22. The zero-order valence-electron chi connectivity index (χ0n) is 23.5. The summed E-state index contributed by atoms with van der Waals surface area (Å²) in [5.74, 6) is 6.18. The van der Waals surface area contributed by atoms with E-state index in [1.165, 1.54) is 4.52 Å². The molecule has 4 atom stereocenters. The van der Waals surface area contributed by atoms with Gasteiger partial charge in [-0.3, -0.25) is 19.1 Å². The quantitative estimate of drug-likeness (QED) is 0.283. The van der Waals surface area contributed by atoms with Crippen LogP contribution in [0.15, 0.2) is 77.9 Å². The van der Waals surface area contributed by atoms with Crippen molar-refractivity contribution in [2.45, 2.75) is 36.9 Å². The van der Waals surface area contributed by atoms with E-state index in [1.807, 2.05) is 61.5 Å². The summed E-state index contributed by atoms with van der Waals surface area (Å²) >= 11 is 0. The monoisotopic (exact) mass is 571 g/mol. The van der Waals surface area contributed by atoms with Gasteiger partial charge >= 0.3 is 0 Å². The van der Waals surface area contributed by atoms with E-state index in [0.717, 1.165) is 25.9 Å². The molecule has 1 spiro atoms. The van der Waals surface area contributed by atoms with E-state index in [1.54, 1.807) is 23.0 Å². The van der Waals surface area contributed by atoms with E-state index < -0.39 is 17.6 Å². The van der Waals surface area contributed by atoms with Crippen molar-refractivity contribution in [3.8, 4) is 17.5 Å². The standard InChI is InChI=1S/C33H29N7O3/c1-20(36-30(41)27-28(34)37-39-16-6-15-35-29(27)39)24-19-22-8-5-7-21(26(22)31(42)40(24)23-9-3-2-4-10-23)11-13-33(43)25-12-17-38-18-14-32(25,33)38/h2-10,15-16,19-20,25,43H,12,14,17-18H2,1H3,(H2,34,37)(H,36,41)/t20-,25?,32?,33?/m1/s1. The van der Waals surface area contributed by atoms with Crippen LogP contribution in [0.5, 0.6) is 0 Å². The number of nitrogens with zero attached hydrogens (tertiary/aromatic N) is 5. The lowest BCUT2D eigenvalue weighted by molar-refractivity contribution is 0.0164. The maximum atomic E-state index is 14.3. The first-order valence-corrected chi connectivity index (χ1v) is 14.5.